The van der Waals surface area contributed by atoms with Crippen molar-refractivity contribution in [1.29, 1.82) is 0 Å². The molecule has 0 aromatic carbocycles. The summed E-state index contributed by atoms with van der Waals surface area (Å²) in [4.78, 5) is 49.6. The van der Waals surface area contributed by atoms with E-state index in [4.69, 9.17) is 9.47 Å². The molecular formula is C22H30N6O12. The van der Waals surface area contributed by atoms with Gasteiger partial charge in [0.15, 0.2) is 12.5 Å². The zero-order chi connectivity index (χ0) is 29.3. The van der Waals surface area contributed by atoms with Crippen LogP contribution in [0.3, 0.4) is 0 Å². The van der Waals surface area contributed by atoms with Gasteiger partial charge in [-0.25, -0.2) is 9.59 Å². The summed E-state index contributed by atoms with van der Waals surface area (Å²) in [5.74, 6) is 0. The van der Waals surface area contributed by atoms with Gasteiger partial charge in [-0.3, -0.25) is 28.7 Å². The van der Waals surface area contributed by atoms with Gasteiger partial charge in [0.2, 0.25) is 0 Å². The Morgan fingerprint density at radius 1 is 0.750 bits per heavy atom. The average molecular weight is 571 g/mol. The summed E-state index contributed by atoms with van der Waals surface area (Å²) in [5.41, 5.74) is -5.97. The second-order valence-electron chi connectivity index (χ2n) is 10.3. The van der Waals surface area contributed by atoms with Crippen LogP contribution in [-0.2, 0) is 9.47 Å². The summed E-state index contributed by atoms with van der Waals surface area (Å²) >= 11 is 0. The van der Waals surface area contributed by atoms with Crippen LogP contribution in [0, 0.1) is 0 Å². The lowest BCUT2D eigenvalue weighted by Crippen LogP contribution is -2.53. The largest absolute Gasteiger partial charge is 0.385 e. The zero-order valence-corrected chi connectivity index (χ0v) is 21.3. The molecule has 220 valence electrons. The Labute approximate surface area is 223 Å². The number of aliphatic hydroxyl groups excluding tert-OH is 2. The Kier molecular flexibility index (Phi) is 6.98. The molecule has 6 heterocycles. The Morgan fingerprint density at radius 2 is 1.10 bits per heavy atom. The molecule has 8 N–H and O–H groups in total. The molecule has 40 heavy (non-hydrogen) atoms. The molecule has 7 unspecified atom stereocenters. The Balaban J connectivity index is 0.000000161. The van der Waals surface area contributed by atoms with Crippen LogP contribution in [0.4, 0.5) is 0 Å². The Morgan fingerprint density at radius 3 is 1.40 bits per heavy atom. The molecule has 10 atom stereocenters. The molecule has 0 bridgehead atoms. The molecular weight excluding hydrogens is 540 g/mol. The molecule has 0 aliphatic carbocycles. The van der Waals surface area contributed by atoms with E-state index in [1.807, 2.05) is 0 Å². The van der Waals surface area contributed by atoms with Crippen LogP contribution >= 0.6 is 0 Å². The fourth-order valence-electron chi connectivity index (χ4n) is 5.78. The zero-order valence-electron chi connectivity index (χ0n) is 21.3. The van der Waals surface area contributed by atoms with Crippen molar-refractivity contribution < 1.29 is 40.3 Å². The van der Waals surface area contributed by atoms with Crippen LogP contribution in [0.15, 0.2) is 43.7 Å². The third kappa shape index (κ3) is 4.12. The number of nitrogens with one attached hydrogen (secondary N) is 2. The van der Waals surface area contributed by atoms with Crippen molar-refractivity contribution in [2.24, 2.45) is 0 Å². The normalized spacial score (nSPS) is 41.0. The van der Waals surface area contributed by atoms with Gasteiger partial charge in [-0.1, -0.05) is 0 Å². The molecule has 18 nitrogen and oxygen atoms in total. The maximum Gasteiger partial charge on any atom is 0.330 e. The van der Waals surface area contributed by atoms with Gasteiger partial charge in [-0.05, 0) is 13.8 Å². The topological polar surface area (TPSA) is 256 Å². The summed E-state index contributed by atoms with van der Waals surface area (Å²) in [5, 5.41) is 62.7. The van der Waals surface area contributed by atoms with Crippen LogP contribution < -0.4 is 22.5 Å². The number of hydroxylamine groups is 4. The number of rotatable bonds is 2. The van der Waals surface area contributed by atoms with Gasteiger partial charge < -0.3 is 40.3 Å². The summed E-state index contributed by atoms with van der Waals surface area (Å²) < 4.78 is 13.0. The van der Waals surface area contributed by atoms with E-state index in [0.29, 0.717) is 0 Å². The monoisotopic (exact) mass is 570 g/mol. The summed E-state index contributed by atoms with van der Waals surface area (Å²) in [7, 11) is 0. The molecule has 4 aliphatic rings. The molecule has 4 aliphatic heterocycles. The number of fused-ring (bicyclic) bond motifs is 2. The third-order valence-corrected chi connectivity index (χ3v) is 8.32. The van der Waals surface area contributed by atoms with Crippen molar-refractivity contribution in [2.45, 2.75) is 74.0 Å². The highest BCUT2D eigenvalue weighted by molar-refractivity contribution is 5.14. The minimum absolute atomic E-state index is 0.0172. The van der Waals surface area contributed by atoms with Gasteiger partial charge in [0, 0.05) is 24.5 Å². The number of hydrogen-bond donors (Lipinski definition) is 8. The SMILES string of the molecule is C[C@H]1N(O)CC2OC(n3ccc(=O)[nH]c3=O)C(O)C21O.C[C@H]1N(O)CC2OC(n3ccc(=O)[nH]c3=O)C(O)[C@]21O. The molecule has 0 saturated carbocycles. The molecule has 4 fully saturated rings. The molecule has 0 radical (unpaired) electrons. The predicted octanol–water partition coefficient (Wildman–Crippen LogP) is -4.76. The number of aliphatic hydroxyl groups is 4. The minimum atomic E-state index is -1.69. The predicted molar refractivity (Wildman–Crippen MR) is 128 cm³/mol. The van der Waals surface area contributed by atoms with Gasteiger partial charge >= 0.3 is 11.4 Å². The van der Waals surface area contributed by atoms with Gasteiger partial charge in [-0.2, -0.15) is 10.1 Å². The van der Waals surface area contributed by atoms with Crippen molar-refractivity contribution in [3.8, 4) is 0 Å². The van der Waals surface area contributed by atoms with E-state index in [9.17, 15) is 50.0 Å². The van der Waals surface area contributed by atoms with E-state index in [1.165, 1.54) is 12.4 Å². The van der Waals surface area contributed by atoms with Gasteiger partial charge in [0.25, 0.3) is 11.1 Å². The van der Waals surface area contributed by atoms with Crippen molar-refractivity contribution >= 4 is 0 Å². The molecule has 0 amide bonds. The maximum atomic E-state index is 11.7. The number of nitrogens with zero attached hydrogens (tertiary/aromatic N) is 4. The third-order valence-electron chi connectivity index (χ3n) is 8.32. The first-order valence-corrected chi connectivity index (χ1v) is 12.4. The number of aromatic amines is 2. The number of hydrogen-bond acceptors (Lipinski definition) is 14. The Hall–Kier alpha value is -3.04. The number of ether oxygens (including phenoxy) is 2. The van der Waals surface area contributed by atoms with E-state index in [-0.39, 0.29) is 13.1 Å². The van der Waals surface area contributed by atoms with Crippen molar-refractivity contribution in [1.82, 2.24) is 29.2 Å². The quantitative estimate of drug-likeness (QED) is 0.169. The second kappa shape index (κ2) is 9.80. The second-order valence-corrected chi connectivity index (χ2v) is 10.3. The van der Waals surface area contributed by atoms with Crippen LogP contribution in [0.25, 0.3) is 0 Å². The standard InChI is InChI=1S/2C11H15N3O6/c2*1-5-11(18)6(4-14(5)19)20-9(8(11)16)13-3-2-7(15)12-10(13)17/h2*2-3,5-6,8-9,16,18-19H,4H2,1H3,(H,12,15,17)/t5-,6?,8?,9?,11?;5-,6?,8?,9?,11-/m11/s1. The van der Waals surface area contributed by atoms with E-state index < -0.39 is 82.7 Å². The first-order valence-electron chi connectivity index (χ1n) is 12.4. The summed E-state index contributed by atoms with van der Waals surface area (Å²) in [6.45, 7) is 3.13. The molecule has 2 aromatic heterocycles. The highest BCUT2D eigenvalue weighted by Crippen LogP contribution is 2.45. The molecule has 2 aromatic rings. The Bertz CT molecular complexity index is 1390. The van der Waals surface area contributed by atoms with E-state index in [2.05, 4.69) is 9.97 Å². The smallest absolute Gasteiger partial charge is 0.330 e. The summed E-state index contributed by atoms with van der Waals surface area (Å²) in [6, 6.07) is 0.756. The first-order chi connectivity index (χ1) is 18.7. The highest BCUT2D eigenvalue weighted by Gasteiger charge is 2.65. The van der Waals surface area contributed by atoms with Crippen LogP contribution in [0.1, 0.15) is 26.3 Å². The number of H-pyrrole nitrogens is 2. The van der Waals surface area contributed by atoms with E-state index >= 15 is 0 Å². The fourth-order valence-corrected chi connectivity index (χ4v) is 5.78. The molecule has 6 rings (SSSR count). The van der Waals surface area contributed by atoms with Gasteiger partial charge in [0.05, 0.1) is 25.2 Å². The maximum absolute atomic E-state index is 11.7. The van der Waals surface area contributed by atoms with Gasteiger partial charge in [-0.15, -0.1) is 0 Å². The number of aromatic nitrogens is 4. The van der Waals surface area contributed by atoms with Crippen LogP contribution in [-0.4, -0.2) is 121 Å². The van der Waals surface area contributed by atoms with Crippen molar-refractivity contribution in [3.63, 3.8) is 0 Å². The first kappa shape index (κ1) is 28.5. The lowest BCUT2D eigenvalue weighted by Gasteiger charge is -2.31. The fraction of sp³-hybridized carbons (Fsp3) is 0.636. The van der Waals surface area contributed by atoms with Crippen LogP contribution in [0.5, 0.6) is 0 Å². The van der Waals surface area contributed by atoms with E-state index in [1.54, 1.807) is 13.8 Å². The highest BCUT2D eigenvalue weighted by atomic mass is 16.6. The van der Waals surface area contributed by atoms with Crippen LogP contribution in [0.2, 0.25) is 0 Å². The van der Waals surface area contributed by atoms with Gasteiger partial charge in [0.1, 0.15) is 35.6 Å². The average Bonchev–Trinajstić information content (AvgIpc) is 3.46. The molecule has 4 saturated heterocycles. The lowest BCUT2D eigenvalue weighted by molar-refractivity contribution is -0.162. The molecule has 18 heteroatoms. The van der Waals surface area contributed by atoms with Crippen molar-refractivity contribution in [2.75, 3.05) is 13.1 Å². The van der Waals surface area contributed by atoms with Crippen molar-refractivity contribution in [3.05, 3.63) is 66.2 Å². The minimum Gasteiger partial charge on any atom is -0.385 e. The summed E-state index contributed by atoms with van der Waals surface area (Å²) in [6.07, 6.45) is -4.34. The lowest BCUT2D eigenvalue weighted by atomic mass is 9.89. The molecule has 0 spiro atoms. The van der Waals surface area contributed by atoms with E-state index in [0.717, 1.165) is 31.4 Å².